The minimum Gasteiger partial charge on any atom is -0.311 e. The van der Waals surface area contributed by atoms with Crippen molar-refractivity contribution in [2.24, 2.45) is 11.8 Å². The van der Waals surface area contributed by atoms with Crippen molar-refractivity contribution >= 4 is 0 Å². The third kappa shape index (κ3) is 1.66. The Morgan fingerprint density at radius 3 is 2.17 bits per heavy atom. The normalized spacial score (nSPS) is 41.8. The van der Waals surface area contributed by atoms with Crippen molar-refractivity contribution in [3.8, 4) is 0 Å². The first kappa shape index (κ1) is 8.55. The predicted octanol–water partition coefficient (Wildman–Crippen LogP) is 2.56. The van der Waals surface area contributed by atoms with Crippen molar-refractivity contribution in [3.63, 3.8) is 0 Å². The highest BCUT2D eigenvalue weighted by Gasteiger charge is 2.31. The summed E-state index contributed by atoms with van der Waals surface area (Å²) in [6, 6.07) is 1.73. The van der Waals surface area contributed by atoms with E-state index >= 15 is 0 Å². The first-order valence-electron chi connectivity index (χ1n) is 5.51. The van der Waals surface area contributed by atoms with Crippen molar-refractivity contribution in [2.75, 3.05) is 0 Å². The summed E-state index contributed by atoms with van der Waals surface area (Å²) >= 11 is 0. The molecule has 2 aliphatic heterocycles. The number of fused-ring (bicyclic) bond motifs is 2. The summed E-state index contributed by atoms with van der Waals surface area (Å²) < 4.78 is 0. The molecule has 2 aliphatic rings. The molecule has 0 aromatic heterocycles. The Labute approximate surface area is 75.9 Å². The van der Waals surface area contributed by atoms with Gasteiger partial charge in [0.15, 0.2) is 0 Å². The number of piperidine rings is 2. The molecule has 2 bridgehead atoms. The Balaban J connectivity index is 1.96. The predicted molar refractivity (Wildman–Crippen MR) is 52.1 cm³/mol. The van der Waals surface area contributed by atoms with Crippen LogP contribution in [0.3, 0.4) is 0 Å². The van der Waals surface area contributed by atoms with Crippen LogP contribution >= 0.6 is 0 Å². The summed E-state index contributed by atoms with van der Waals surface area (Å²) in [5.74, 6) is 1.90. The van der Waals surface area contributed by atoms with Gasteiger partial charge in [-0.1, -0.05) is 20.3 Å². The van der Waals surface area contributed by atoms with Crippen molar-refractivity contribution in [3.05, 3.63) is 0 Å². The van der Waals surface area contributed by atoms with E-state index < -0.39 is 0 Å². The van der Waals surface area contributed by atoms with Gasteiger partial charge in [0, 0.05) is 12.1 Å². The van der Waals surface area contributed by atoms with Crippen LogP contribution in [0.4, 0.5) is 0 Å². The molecule has 70 valence electrons. The van der Waals surface area contributed by atoms with Gasteiger partial charge in [-0.05, 0) is 37.5 Å². The highest BCUT2D eigenvalue weighted by Crippen LogP contribution is 2.33. The van der Waals surface area contributed by atoms with Gasteiger partial charge < -0.3 is 5.32 Å². The van der Waals surface area contributed by atoms with Gasteiger partial charge in [-0.3, -0.25) is 0 Å². The van der Waals surface area contributed by atoms with E-state index in [4.69, 9.17) is 0 Å². The minimum absolute atomic E-state index is 0.866. The standard InChI is InChI=1S/C11H21N/c1-8(2)9-6-10-4-3-5-11(7-9)12-10/h8-12H,3-7H2,1-2H3/t10-,11-/m1/s1. The van der Waals surface area contributed by atoms with Crippen LogP contribution in [0.1, 0.15) is 46.0 Å². The summed E-state index contributed by atoms with van der Waals surface area (Å²) in [6.45, 7) is 4.76. The van der Waals surface area contributed by atoms with Crippen LogP contribution < -0.4 is 5.32 Å². The van der Waals surface area contributed by atoms with Gasteiger partial charge in [-0.25, -0.2) is 0 Å². The number of rotatable bonds is 1. The van der Waals surface area contributed by atoms with E-state index in [9.17, 15) is 0 Å². The van der Waals surface area contributed by atoms with Crippen LogP contribution in [0.5, 0.6) is 0 Å². The Morgan fingerprint density at radius 2 is 1.67 bits per heavy atom. The topological polar surface area (TPSA) is 12.0 Å². The summed E-state index contributed by atoms with van der Waals surface area (Å²) in [4.78, 5) is 0. The number of hydrogen-bond acceptors (Lipinski definition) is 1. The minimum atomic E-state index is 0.866. The quantitative estimate of drug-likeness (QED) is 0.633. The van der Waals surface area contributed by atoms with Crippen molar-refractivity contribution < 1.29 is 0 Å². The molecule has 0 aromatic carbocycles. The van der Waals surface area contributed by atoms with Gasteiger partial charge in [-0.2, -0.15) is 0 Å². The lowest BCUT2D eigenvalue weighted by Gasteiger charge is -2.41. The fraction of sp³-hybridized carbons (Fsp3) is 1.00. The molecule has 0 spiro atoms. The largest absolute Gasteiger partial charge is 0.311 e. The first-order chi connectivity index (χ1) is 5.75. The maximum Gasteiger partial charge on any atom is 0.00724 e. The van der Waals surface area contributed by atoms with Crippen LogP contribution in [-0.4, -0.2) is 12.1 Å². The average molecular weight is 167 g/mol. The maximum absolute atomic E-state index is 3.74. The van der Waals surface area contributed by atoms with E-state index in [-0.39, 0.29) is 0 Å². The lowest BCUT2D eigenvalue weighted by Crippen LogP contribution is -2.49. The van der Waals surface area contributed by atoms with Gasteiger partial charge in [0.25, 0.3) is 0 Å². The zero-order valence-corrected chi connectivity index (χ0v) is 8.34. The second kappa shape index (κ2) is 3.37. The molecule has 2 atom stereocenters. The monoisotopic (exact) mass is 167 g/mol. The molecule has 2 saturated heterocycles. The van der Waals surface area contributed by atoms with Gasteiger partial charge in [0.2, 0.25) is 0 Å². The average Bonchev–Trinajstić information content (AvgIpc) is 2.03. The van der Waals surface area contributed by atoms with Gasteiger partial charge in [0.1, 0.15) is 0 Å². The molecule has 2 heterocycles. The molecular weight excluding hydrogens is 146 g/mol. The third-order valence-electron chi connectivity index (χ3n) is 3.69. The molecule has 0 saturated carbocycles. The van der Waals surface area contributed by atoms with Crippen LogP contribution in [-0.2, 0) is 0 Å². The third-order valence-corrected chi connectivity index (χ3v) is 3.69. The van der Waals surface area contributed by atoms with E-state index in [1.54, 1.807) is 0 Å². The highest BCUT2D eigenvalue weighted by molar-refractivity contribution is 4.89. The zero-order valence-electron chi connectivity index (χ0n) is 8.34. The Bertz CT molecular complexity index is 141. The van der Waals surface area contributed by atoms with Gasteiger partial charge in [-0.15, -0.1) is 0 Å². The van der Waals surface area contributed by atoms with Crippen LogP contribution in [0.2, 0.25) is 0 Å². The lowest BCUT2D eigenvalue weighted by atomic mass is 9.76. The first-order valence-corrected chi connectivity index (χ1v) is 5.51. The summed E-state index contributed by atoms with van der Waals surface area (Å²) in [5, 5.41) is 3.74. The molecule has 1 heteroatoms. The lowest BCUT2D eigenvalue weighted by molar-refractivity contribution is 0.154. The molecule has 1 N–H and O–H groups in total. The van der Waals surface area contributed by atoms with Gasteiger partial charge in [0.05, 0.1) is 0 Å². The van der Waals surface area contributed by atoms with Gasteiger partial charge >= 0.3 is 0 Å². The fourth-order valence-electron chi connectivity index (χ4n) is 2.85. The van der Waals surface area contributed by atoms with Crippen LogP contribution in [0.15, 0.2) is 0 Å². The molecule has 0 aromatic rings. The van der Waals surface area contributed by atoms with Crippen LogP contribution in [0.25, 0.3) is 0 Å². The van der Waals surface area contributed by atoms with Crippen molar-refractivity contribution in [2.45, 2.75) is 58.0 Å². The molecule has 2 rings (SSSR count). The van der Waals surface area contributed by atoms with E-state index in [0.717, 1.165) is 23.9 Å². The summed E-state index contributed by atoms with van der Waals surface area (Å²) in [5.41, 5.74) is 0. The maximum atomic E-state index is 3.74. The van der Waals surface area contributed by atoms with E-state index in [1.165, 1.54) is 32.1 Å². The molecular formula is C11H21N. The smallest absolute Gasteiger partial charge is 0.00724 e. The number of nitrogens with one attached hydrogen (secondary N) is 1. The van der Waals surface area contributed by atoms with Crippen molar-refractivity contribution in [1.29, 1.82) is 0 Å². The van der Waals surface area contributed by atoms with E-state index in [1.807, 2.05) is 0 Å². The van der Waals surface area contributed by atoms with Crippen molar-refractivity contribution in [1.82, 2.24) is 5.32 Å². The second-order valence-electron chi connectivity index (χ2n) is 4.97. The SMILES string of the molecule is CC(C)C1C[C@H]2CCC[C@H](C1)N2. The second-order valence-corrected chi connectivity index (χ2v) is 4.97. The zero-order chi connectivity index (χ0) is 8.55. The highest BCUT2D eigenvalue weighted by atomic mass is 15.0. The summed E-state index contributed by atoms with van der Waals surface area (Å²) in [7, 11) is 0. The molecule has 12 heavy (non-hydrogen) atoms. The Hall–Kier alpha value is -0.0400. The molecule has 0 unspecified atom stereocenters. The molecule has 0 aliphatic carbocycles. The molecule has 1 nitrogen and oxygen atoms in total. The summed E-state index contributed by atoms with van der Waals surface area (Å²) in [6.07, 6.45) is 7.20. The van der Waals surface area contributed by atoms with E-state index in [2.05, 4.69) is 19.2 Å². The Kier molecular flexibility index (Phi) is 2.40. The van der Waals surface area contributed by atoms with Crippen LogP contribution in [0, 0.1) is 11.8 Å². The molecule has 0 amide bonds. The Morgan fingerprint density at radius 1 is 1.08 bits per heavy atom. The van der Waals surface area contributed by atoms with E-state index in [0.29, 0.717) is 0 Å². The molecule has 2 fully saturated rings. The number of hydrogen-bond donors (Lipinski definition) is 1. The molecule has 0 radical (unpaired) electrons. The fourth-order valence-corrected chi connectivity index (χ4v) is 2.85.